The fourth-order valence-electron chi connectivity index (χ4n) is 2.31. The van der Waals surface area contributed by atoms with Crippen molar-refractivity contribution in [2.24, 2.45) is 5.92 Å². The highest BCUT2D eigenvalue weighted by Gasteiger charge is 2.38. The van der Waals surface area contributed by atoms with Crippen molar-refractivity contribution in [3.8, 4) is 6.07 Å². The number of nitriles is 1. The van der Waals surface area contributed by atoms with Crippen LogP contribution in [0.2, 0.25) is 0 Å². The maximum Gasteiger partial charge on any atom is 0.234 e. The van der Waals surface area contributed by atoms with Gasteiger partial charge in [0.25, 0.3) is 0 Å². The molecule has 1 atom stereocenters. The van der Waals surface area contributed by atoms with Gasteiger partial charge in [-0.15, -0.1) is 0 Å². The second kappa shape index (κ2) is 4.45. The van der Waals surface area contributed by atoms with Crippen molar-refractivity contribution in [2.45, 2.75) is 39.0 Å². The molecule has 0 saturated heterocycles. The highest BCUT2D eigenvalue weighted by Crippen LogP contribution is 2.38. The highest BCUT2D eigenvalue weighted by atomic mass is 16.2. The van der Waals surface area contributed by atoms with Crippen LogP contribution in [0.1, 0.15) is 38.3 Å². The van der Waals surface area contributed by atoms with E-state index < -0.39 is 5.41 Å². The number of amides is 1. The molecule has 1 heterocycles. The maximum absolute atomic E-state index is 11.8. The highest BCUT2D eigenvalue weighted by molar-refractivity contribution is 6.05. The molecule has 0 radical (unpaired) electrons. The quantitative estimate of drug-likeness (QED) is 0.885. The summed E-state index contributed by atoms with van der Waals surface area (Å²) >= 11 is 0. The largest absolute Gasteiger partial charge is 0.325 e. The number of hydrogen-bond donors (Lipinski definition) is 1. The number of carbonyl (C=O) groups is 1. The number of benzene rings is 1. The van der Waals surface area contributed by atoms with Crippen LogP contribution < -0.4 is 5.32 Å². The average Bonchev–Trinajstić information content (AvgIpc) is 2.58. The third-order valence-corrected chi connectivity index (χ3v) is 3.73. The monoisotopic (exact) mass is 242 g/mol. The Bertz CT molecular complexity index is 526. The van der Waals surface area contributed by atoms with Crippen LogP contribution in [-0.4, -0.2) is 5.91 Å². The summed E-state index contributed by atoms with van der Waals surface area (Å²) in [6.45, 7) is 5.88. The first kappa shape index (κ1) is 12.6. The van der Waals surface area contributed by atoms with Crippen molar-refractivity contribution < 1.29 is 4.79 Å². The third kappa shape index (κ3) is 1.99. The molecule has 0 aliphatic carbocycles. The maximum atomic E-state index is 11.8. The lowest BCUT2D eigenvalue weighted by Crippen LogP contribution is -2.26. The molecule has 3 nitrogen and oxygen atoms in total. The van der Waals surface area contributed by atoms with Crippen molar-refractivity contribution in [3.63, 3.8) is 0 Å². The van der Waals surface area contributed by atoms with Crippen LogP contribution in [0, 0.1) is 17.2 Å². The normalized spacial score (nSPS) is 17.8. The Morgan fingerprint density at radius 1 is 1.44 bits per heavy atom. The molecule has 1 aromatic carbocycles. The molecule has 1 aliphatic rings. The van der Waals surface area contributed by atoms with E-state index in [1.165, 1.54) is 0 Å². The zero-order valence-corrected chi connectivity index (χ0v) is 11.1. The number of anilines is 1. The first-order chi connectivity index (χ1) is 8.48. The first-order valence-corrected chi connectivity index (χ1v) is 6.33. The lowest BCUT2D eigenvalue weighted by Gasteiger charge is -2.16. The lowest BCUT2D eigenvalue weighted by atomic mass is 9.84. The molecule has 0 saturated carbocycles. The molecule has 0 bridgehead atoms. The SMILES string of the molecule is CCC(C#N)Cc1ccc2c(c1)C(C)(C)C(=O)N2. The van der Waals surface area contributed by atoms with E-state index in [0.717, 1.165) is 29.7 Å². The molecule has 1 amide bonds. The van der Waals surface area contributed by atoms with Crippen molar-refractivity contribution >= 4 is 11.6 Å². The summed E-state index contributed by atoms with van der Waals surface area (Å²) in [5.74, 6) is 0.0956. The molecule has 1 unspecified atom stereocenters. The van der Waals surface area contributed by atoms with Crippen molar-refractivity contribution in [2.75, 3.05) is 5.32 Å². The van der Waals surface area contributed by atoms with Crippen LogP contribution in [0.4, 0.5) is 5.69 Å². The van der Waals surface area contributed by atoms with E-state index in [4.69, 9.17) is 5.26 Å². The van der Waals surface area contributed by atoms with Gasteiger partial charge in [0.1, 0.15) is 0 Å². The van der Waals surface area contributed by atoms with Crippen LogP contribution in [-0.2, 0) is 16.6 Å². The van der Waals surface area contributed by atoms with Crippen molar-refractivity contribution in [1.29, 1.82) is 5.26 Å². The molecule has 0 fully saturated rings. The number of hydrogen-bond acceptors (Lipinski definition) is 2. The van der Waals surface area contributed by atoms with Crippen molar-refractivity contribution in [3.05, 3.63) is 29.3 Å². The minimum Gasteiger partial charge on any atom is -0.325 e. The molecule has 94 valence electrons. The fraction of sp³-hybridized carbons (Fsp3) is 0.467. The molecule has 0 spiro atoms. The average molecular weight is 242 g/mol. The van der Waals surface area contributed by atoms with E-state index in [1.54, 1.807) is 0 Å². The Morgan fingerprint density at radius 3 is 2.78 bits per heavy atom. The molecular weight excluding hydrogens is 224 g/mol. The van der Waals surface area contributed by atoms with Gasteiger partial charge in [-0.05, 0) is 43.9 Å². The van der Waals surface area contributed by atoms with Gasteiger partial charge in [-0.2, -0.15) is 5.26 Å². The zero-order valence-electron chi connectivity index (χ0n) is 11.1. The summed E-state index contributed by atoms with van der Waals surface area (Å²) in [7, 11) is 0. The molecular formula is C15H18N2O. The van der Waals surface area contributed by atoms with Crippen LogP contribution in [0.25, 0.3) is 0 Å². The van der Waals surface area contributed by atoms with Gasteiger partial charge in [0, 0.05) is 5.69 Å². The van der Waals surface area contributed by atoms with E-state index >= 15 is 0 Å². The number of carbonyl (C=O) groups excluding carboxylic acids is 1. The second-order valence-corrected chi connectivity index (χ2v) is 5.40. The van der Waals surface area contributed by atoms with Gasteiger partial charge in [-0.3, -0.25) is 4.79 Å². The van der Waals surface area contributed by atoms with Crippen LogP contribution in [0.15, 0.2) is 18.2 Å². The van der Waals surface area contributed by atoms with Gasteiger partial charge in [-0.1, -0.05) is 19.1 Å². The van der Waals surface area contributed by atoms with Gasteiger partial charge in [0.05, 0.1) is 17.4 Å². The van der Waals surface area contributed by atoms with Crippen LogP contribution >= 0.6 is 0 Å². The van der Waals surface area contributed by atoms with Gasteiger partial charge in [0.2, 0.25) is 5.91 Å². The third-order valence-electron chi connectivity index (χ3n) is 3.73. The van der Waals surface area contributed by atoms with E-state index in [9.17, 15) is 4.79 Å². The minimum atomic E-state index is -0.473. The van der Waals surface area contributed by atoms with Crippen molar-refractivity contribution in [1.82, 2.24) is 0 Å². The summed E-state index contributed by atoms with van der Waals surface area (Å²) < 4.78 is 0. The smallest absolute Gasteiger partial charge is 0.234 e. The molecule has 1 N–H and O–H groups in total. The van der Waals surface area contributed by atoms with E-state index in [0.29, 0.717) is 0 Å². The Morgan fingerprint density at radius 2 is 2.17 bits per heavy atom. The fourth-order valence-corrected chi connectivity index (χ4v) is 2.31. The Hall–Kier alpha value is -1.82. The van der Waals surface area contributed by atoms with Crippen LogP contribution in [0.5, 0.6) is 0 Å². The topological polar surface area (TPSA) is 52.9 Å². The van der Waals surface area contributed by atoms with Gasteiger partial charge in [-0.25, -0.2) is 0 Å². The lowest BCUT2D eigenvalue weighted by molar-refractivity contribution is -0.119. The zero-order chi connectivity index (χ0) is 13.3. The van der Waals surface area contributed by atoms with E-state index in [-0.39, 0.29) is 11.8 Å². The summed E-state index contributed by atoms with van der Waals surface area (Å²) in [4.78, 5) is 11.8. The Kier molecular flexibility index (Phi) is 3.13. The van der Waals surface area contributed by atoms with Gasteiger partial charge < -0.3 is 5.32 Å². The summed E-state index contributed by atoms with van der Waals surface area (Å²) in [6.07, 6.45) is 1.61. The van der Waals surface area contributed by atoms with Gasteiger partial charge in [0.15, 0.2) is 0 Å². The number of rotatable bonds is 3. The second-order valence-electron chi connectivity index (χ2n) is 5.40. The van der Waals surface area contributed by atoms with Crippen LogP contribution in [0.3, 0.4) is 0 Å². The number of nitrogens with zero attached hydrogens (tertiary/aromatic N) is 1. The summed E-state index contributed by atoms with van der Waals surface area (Å²) in [5, 5.41) is 11.9. The summed E-state index contributed by atoms with van der Waals surface area (Å²) in [5.41, 5.74) is 2.60. The standard InChI is InChI=1S/C15H18N2O/c1-4-10(9-16)7-11-5-6-13-12(8-11)15(2,3)14(18)17-13/h5-6,8,10H,4,7H2,1-3H3,(H,17,18). The Labute approximate surface area is 108 Å². The van der Waals surface area contributed by atoms with Gasteiger partial charge >= 0.3 is 0 Å². The molecule has 1 aromatic rings. The predicted molar refractivity (Wildman–Crippen MR) is 71.2 cm³/mol. The molecule has 18 heavy (non-hydrogen) atoms. The molecule has 3 heteroatoms. The number of nitrogens with one attached hydrogen (secondary N) is 1. The molecule has 0 aromatic heterocycles. The molecule has 1 aliphatic heterocycles. The van der Waals surface area contributed by atoms with E-state index in [2.05, 4.69) is 17.5 Å². The molecule has 2 rings (SSSR count). The summed E-state index contributed by atoms with van der Waals surface area (Å²) in [6, 6.07) is 8.32. The number of fused-ring (bicyclic) bond motifs is 1. The first-order valence-electron chi connectivity index (χ1n) is 6.33. The Balaban J connectivity index is 2.32. The van der Waals surface area contributed by atoms with E-state index in [1.807, 2.05) is 32.9 Å². The minimum absolute atomic E-state index is 0.0435. The predicted octanol–water partition coefficient (Wildman–Crippen LogP) is 3.01.